The third-order valence-electron chi connectivity index (χ3n) is 2.27. The van der Waals surface area contributed by atoms with Crippen molar-refractivity contribution in [3.05, 3.63) is 24.3 Å². The monoisotopic (exact) mass is 222 g/mol. The van der Waals surface area contributed by atoms with Crippen LogP contribution in [0.5, 0.6) is 5.75 Å². The minimum atomic E-state index is -0.304. The summed E-state index contributed by atoms with van der Waals surface area (Å²) in [5, 5.41) is 3.15. The van der Waals surface area contributed by atoms with E-state index < -0.39 is 0 Å². The molecule has 4 heteroatoms. The normalized spacial score (nSPS) is 11.9. The van der Waals surface area contributed by atoms with Crippen LogP contribution in [0, 0.1) is 5.92 Å². The van der Waals surface area contributed by atoms with Gasteiger partial charge < -0.3 is 15.8 Å². The molecule has 0 aliphatic carbocycles. The van der Waals surface area contributed by atoms with Gasteiger partial charge >= 0.3 is 0 Å². The molecule has 1 aromatic rings. The SMILES string of the molecule is CCOc1ccccc1NCC(C)C(N)=O. The van der Waals surface area contributed by atoms with Crippen LogP contribution in [0.3, 0.4) is 0 Å². The van der Waals surface area contributed by atoms with Gasteiger partial charge in [-0.05, 0) is 19.1 Å². The Hall–Kier alpha value is -1.71. The summed E-state index contributed by atoms with van der Waals surface area (Å²) in [6.07, 6.45) is 0. The maximum atomic E-state index is 10.9. The highest BCUT2D eigenvalue weighted by Crippen LogP contribution is 2.23. The molecule has 0 saturated heterocycles. The van der Waals surface area contributed by atoms with Crippen LogP contribution in [0.4, 0.5) is 5.69 Å². The number of carbonyl (C=O) groups is 1. The van der Waals surface area contributed by atoms with Crippen LogP contribution < -0.4 is 15.8 Å². The topological polar surface area (TPSA) is 64.3 Å². The largest absolute Gasteiger partial charge is 0.492 e. The molecule has 1 unspecified atom stereocenters. The van der Waals surface area contributed by atoms with Crippen molar-refractivity contribution in [1.29, 1.82) is 0 Å². The highest BCUT2D eigenvalue weighted by Gasteiger charge is 2.09. The first-order chi connectivity index (χ1) is 7.65. The molecule has 0 saturated carbocycles. The van der Waals surface area contributed by atoms with Gasteiger partial charge in [-0.2, -0.15) is 0 Å². The number of benzene rings is 1. The number of nitrogens with one attached hydrogen (secondary N) is 1. The number of primary amides is 1. The first kappa shape index (κ1) is 12.4. The Kier molecular flexibility index (Phi) is 4.64. The summed E-state index contributed by atoms with van der Waals surface area (Å²) in [6.45, 7) is 4.85. The van der Waals surface area contributed by atoms with Gasteiger partial charge in [-0.25, -0.2) is 0 Å². The molecule has 4 nitrogen and oxygen atoms in total. The van der Waals surface area contributed by atoms with E-state index in [-0.39, 0.29) is 11.8 Å². The average molecular weight is 222 g/mol. The second kappa shape index (κ2) is 6.00. The Balaban J connectivity index is 2.62. The summed E-state index contributed by atoms with van der Waals surface area (Å²) in [7, 11) is 0. The van der Waals surface area contributed by atoms with Crippen molar-refractivity contribution in [1.82, 2.24) is 0 Å². The van der Waals surface area contributed by atoms with Gasteiger partial charge in [-0.1, -0.05) is 19.1 Å². The van der Waals surface area contributed by atoms with Crippen LogP contribution >= 0.6 is 0 Å². The number of hydrogen-bond donors (Lipinski definition) is 2. The Bertz CT molecular complexity index is 353. The van der Waals surface area contributed by atoms with Gasteiger partial charge in [0.25, 0.3) is 0 Å². The Morgan fingerprint density at radius 2 is 2.19 bits per heavy atom. The van der Waals surface area contributed by atoms with Crippen LogP contribution in [0.2, 0.25) is 0 Å². The van der Waals surface area contributed by atoms with Crippen LogP contribution in [0.15, 0.2) is 24.3 Å². The predicted octanol–water partition coefficient (Wildman–Crippen LogP) is 1.62. The molecular weight excluding hydrogens is 204 g/mol. The van der Waals surface area contributed by atoms with E-state index in [1.165, 1.54) is 0 Å². The number of anilines is 1. The zero-order valence-electron chi connectivity index (χ0n) is 9.69. The van der Waals surface area contributed by atoms with E-state index >= 15 is 0 Å². The van der Waals surface area contributed by atoms with E-state index in [2.05, 4.69) is 5.32 Å². The number of hydrogen-bond acceptors (Lipinski definition) is 3. The van der Waals surface area contributed by atoms with E-state index in [9.17, 15) is 4.79 Å². The molecule has 1 rings (SSSR count). The van der Waals surface area contributed by atoms with Gasteiger partial charge in [0, 0.05) is 6.54 Å². The highest BCUT2D eigenvalue weighted by molar-refractivity contribution is 5.77. The fourth-order valence-corrected chi connectivity index (χ4v) is 1.26. The molecule has 1 aromatic carbocycles. The number of nitrogens with two attached hydrogens (primary N) is 1. The average Bonchev–Trinajstić information content (AvgIpc) is 2.27. The number of carbonyl (C=O) groups excluding carboxylic acids is 1. The van der Waals surface area contributed by atoms with Gasteiger partial charge in [0.1, 0.15) is 5.75 Å². The van der Waals surface area contributed by atoms with Crippen molar-refractivity contribution in [2.24, 2.45) is 11.7 Å². The lowest BCUT2D eigenvalue weighted by Crippen LogP contribution is -2.26. The van der Waals surface area contributed by atoms with Gasteiger partial charge in [-0.15, -0.1) is 0 Å². The second-order valence-corrected chi connectivity index (χ2v) is 3.61. The fourth-order valence-electron chi connectivity index (χ4n) is 1.26. The molecule has 0 aliphatic rings. The minimum absolute atomic E-state index is 0.199. The zero-order valence-corrected chi connectivity index (χ0v) is 9.69. The molecule has 88 valence electrons. The molecule has 0 spiro atoms. The molecule has 0 aliphatic heterocycles. The molecule has 16 heavy (non-hydrogen) atoms. The van der Waals surface area contributed by atoms with Crippen molar-refractivity contribution in [3.63, 3.8) is 0 Å². The van der Waals surface area contributed by atoms with Crippen molar-refractivity contribution in [2.45, 2.75) is 13.8 Å². The summed E-state index contributed by atoms with van der Waals surface area (Å²) >= 11 is 0. The third-order valence-corrected chi connectivity index (χ3v) is 2.27. The van der Waals surface area contributed by atoms with Crippen LogP contribution in [0.1, 0.15) is 13.8 Å². The van der Waals surface area contributed by atoms with Crippen molar-refractivity contribution in [3.8, 4) is 5.75 Å². The van der Waals surface area contributed by atoms with Gasteiger partial charge in [-0.3, -0.25) is 4.79 Å². The van der Waals surface area contributed by atoms with Crippen molar-refractivity contribution >= 4 is 11.6 Å². The number of amides is 1. The molecule has 0 heterocycles. The summed E-state index contributed by atoms with van der Waals surface area (Å²) in [5.41, 5.74) is 6.07. The van der Waals surface area contributed by atoms with Crippen LogP contribution in [0.25, 0.3) is 0 Å². The number of ether oxygens (including phenoxy) is 1. The molecule has 0 aromatic heterocycles. The zero-order chi connectivity index (χ0) is 12.0. The third kappa shape index (κ3) is 3.46. The molecule has 1 atom stereocenters. The minimum Gasteiger partial charge on any atom is -0.492 e. The summed E-state index contributed by atoms with van der Waals surface area (Å²) in [6, 6.07) is 7.63. The smallest absolute Gasteiger partial charge is 0.222 e. The fraction of sp³-hybridized carbons (Fsp3) is 0.417. The molecule has 3 N–H and O–H groups in total. The van der Waals surface area contributed by atoms with E-state index in [0.717, 1.165) is 11.4 Å². The molecule has 0 radical (unpaired) electrons. The summed E-state index contributed by atoms with van der Waals surface area (Å²) < 4.78 is 5.45. The van der Waals surface area contributed by atoms with Crippen LogP contribution in [-0.2, 0) is 4.79 Å². The first-order valence-electron chi connectivity index (χ1n) is 5.40. The lowest BCUT2D eigenvalue weighted by Gasteiger charge is -2.14. The Labute approximate surface area is 95.8 Å². The highest BCUT2D eigenvalue weighted by atomic mass is 16.5. The maximum absolute atomic E-state index is 10.9. The van der Waals surface area contributed by atoms with Crippen LogP contribution in [-0.4, -0.2) is 19.1 Å². The summed E-state index contributed by atoms with van der Waals surface area (Å²) in [4.78, 5) is 10.9. The van der Waals surface area contributed by atoms with Crippen molar-refractivity contribution in [2.75, 3.05) is 18.5 Å². The second-order valence-electron chi connectivity index (χ2n) is 3.61. The standard InChI is InChI=1S/C12H18N2O2/c1-3-16-11-7-5-4-6-10(11)14-8-9(2)12(13)15/h4-7,9,14H,3,8H2,1-2H3,(H2,13,15). The molecular formula is C12H18N2O2. The van der Waals surface area contributed by atoms with Crippen molar-refractivity contribution < 1.29 is 9.53 Å². The number of para-hydroxylation sites is 2. The quantitative estimate of drug-likeness (QED) is 0.768. The maximum Gasteiger partial charge on any atom is 0.222 e. The van der Waals surface area contributed by atoms with Gasteiger partial charge in [0.2, 0.25) is 5.91 Å². The molecule has 0 bridgehead atoms. The number of rotatable bonds is 6. The predicted molar refractivity (Wildman–Crippen MR) is 64.5 cm³/mol. The first-order valence-corrected chi connectivity index (χ1v) is 5.40. The lowest BCUT2D eigenvalue weighted by molar-refractivity contribution is -0.120. The van der Waals surface area contributed by atoms with Gasteiger partial charge in [0.05, 0.1) is 18.2 Å². The van der Waals surface area contributed by atoms with E-state index in [1.807, 2.05) is 31.2 Å². The van der Waals surface area contributed by atoms with E-state index in [1.54, 1.807) is 6.92 Å². The Morgan fingerprint density at radius 3 is 2.81 bits per heavy atom. The molecule has 0 fully saturated rings. The summed E-state index contributed by atoms with van der Waals surface area (Å²) in [5.74, 6) is 0.290. The Morgan fingerprint density at radius 1 is 1.50 bits per heavy atom. The van der Waals surface area contributed by atoms with Gasteiger partial charge in [0.15, 0.2) is 0 Å². The molecule has 1 amide bonds. The lowest BCUT2D eigenvalue weighted by atomic mass is 10.1. The van der Waals surface area contributed by atoms with E-state index in [4.69, 9.17) is 10.5 Å². The van der Waals surface area contributed by atoms with E-state index in [0.29, 0.717) is 13.2 Å².